The molecular weight excluding hydrogens is 238 g/mol. The summed E-state index contributed by atoms with van der Waals surface area (Å²) in [7, 11) is 0. The lowest BCUT2D eigenvalue weighted by Crippen LogP contribution is -2.22. The Hall–Kier alpha value is -2.08. The molecule has 0 aliphatic carbocycles. The van der Waals surface area contributed by atoms with Crippen LogP contribution in [0.2, 0.25) is 0 Å². The number of esters is 1. The van der Waals surface area contributed by atoms with E-state index < -0.39 is 5.60 Å². The van der Waals surface area contributed by atoms with Gasteiger partial charge in [0, 0.05) is 6.08 Å². The average molecular weight is 257 g/mol. The molecule has 0 aliphatic heterocycles. The molecule has 1 aromatic rings. The first-order valence-corrected chi connectivity index (χ1v) is 6.15. The van der Waals surface area contributed by atoms with Gasteiger partial charge in [-0.05, 0) is 57.4 Å². The fourth-order valence-corrected chi connectivity index (χ4v) is 1.63. The van der Waals surface area contributed by atoms with E-state index in [9.17, 15) is 4.79 Å². The molecule has 0 saturated carbocycles. The van der Waals surface area contributed by atoms with E-state index in [4.69, 9.17) is 10.00 Å². The van der Waals surface area contributed by atoms with Crippen LogP contribution in [0, 0.1) is 18.3 Å². The van der Waals surface area contributed by atoms with Crippen LogP contribution in [-0.2, 0) is 9.53 Å². The molecule has 0 atom stereocenters. The van der Waals surface area contributed by atoms with Crippen molar-refractivity contribution in [3.8, 4) is 6.07 Å². The van der Waals surface area contributed by atoms with Crippen LogP contribution in [-0.4, -0.2) is 11.6 Å². The fourth-order valence-electron chi connectivity index (χ4n) is 1.63. The van der Waals surface area contributed by atoms with Gasteiger partial charge in [-0.25, -0.2) is 4.79 Å². The van der Waals surface area contributed by atoms with Crippen molar-refractivity contribution in [2.75, 3.05) is 0 Å². The maximum Gasteiger partial charge on any atom is 0.331 e. The second kappa shape index (κ2) is 5.71. The Morgan fingerprint density at radius 2 is 2.00 bits per heavy atom. The Morgan fingerprint density at radius 1 is 1.37 bits per heavy atom. The lowest BCUT2D eigenvalue weighted by Gasteiger charge is -2.18. The van der Waals surface area contributed by atoms with Gasteiger partial charge < -0.3 is 4.74 Å². The molecule has 0 unspecified atom stereocenters. The maximum absolute atomic E-state index is 11.7. The van der Waals surface area contributed by atoms with Crippen LogP contribution >= 0.6 is 0 Å². The summed E-state index contributed by atoms with van der Waals surface area (Å²) >= 11 is 0. The number of ether oxygens (including phenoxy) is 1. The largest absolute Gasteiger partial charge is 0.457 e. The third kappa shape index (κ3) is 4.59. The number of benzene rings is 1. The molecule has 3 heteroatoms. The summed E-state index contributed by atoms with van der Waals surface area (Å²) in [6.07, 6.45) is 1.48. The summed E-state index contributed by atoms with van der Waals surface area (Å²) in [4.78, 5) is 11.7. The average Bonchev–Trinajstić information content (AvgIpc) is 2.26. The van der Waals surface area contributed by atoms with Crippen molar-refractivity contribution >= 4 is 11.5 Å². The van der Waals surface area contributed by atoms with E-state index in [0.717, 1.165) is 16.7 Å². The summed E-state index contributed by atoms with van der Waals surface area (Å²) in [6.45, 7) is 9.23. The Labute approximate surface area is 114 Å². The number of nitrogens with zero attached hydrogens (tertiary/aromatic N) is 1. The molecule has 0 N–H and O–H groups in total. The highest BCUT2D eigenvalue weighted by Gasteiger charge is 2.14. The molecule has 0 aliphatic rings. The third-order valence-electron chi connectivity index (χ3n) is 2.54. The topological polar surface area (TPSA) is 50.1 Å². The van der Waals surface area contributed by atoms with Crippen LogP contribution < -0.4 is 0 Å². The Bertz CT molecular complexity index is 557. The highest BCUT2D eigenvalue weighted by Crippen LogP contribution is 2.18. The van der Waals surface area contributed by atoms with Gasteiger partial charge in [0.25, 0.3) is 0 Å². The van der Waals surface area contributed by atoms with Gasteiger partial charge in [0.1, 0.15) is 5.60 Å². The second-order valence-corrected chi connectivity index (χ2v) is 5.50. The minimum Gasteiger partial charge on any atom is -0.457 e. The van der Waals surface area contributed by atoms with Gasteiger partial charge in [0.15, 0.2) is 0 Å². The molecule has 100 valence electrons. The number of hydrogen-bond acceptors (Lipinski definition) is 3. The molecule has 1 rings (SSSR count). The number of rotatable bonds is 2. The van der Waals surface area contributed by atoms with Gasteiger partial charge >= 0.3 is 5.97 Å². The van der Waals surface area contributed by atoms with Crippen molar-refractivity contribution in [3.63, 3.8) is 0 Å². The van der Waals surface area contributed by atoms with Crippen LogP contribution in [0.4, 0.5) is 0 Å². The summed E-state index contributed by atoms with van der Waals surface area (Å²) < 4.78 is 5.24. The molecule has 0 heterocycles. The van der Waals surface area contributed by atoms with Crippen molar-refractivity contribution in [1.82, 2.24) is 0 Å². The second-order valence-electron chi connectivity index (χ2n) is 5.50. The van der Waals surface area contributed by atoms with Gasteiger partial charge in [-0.3, -0.25) is 0 Å². The number of allylic oxidation sites excluding steroid dienone is 1. The molecule has 3 nitrogen and oxygen atoms in total. The summed E-state index contributed by atoms with van der Waals surface area (Å²) in [6, 6.07) is 7.62. The van der Waals surface area contributed by atoms with Crippen molar-refractivity contribution in [1.29, 1.82) is 5.26 Å². The van der Waals surface area contributed by atoms with E-state index in [-0.39, 0.29) is 5.97 Å². The lowest BCUT2D eigenvalue weighted by atomic mass is 10.0. The molecule has 0 spiro atoms. The molecule has 1 aromatic carbocycles. The smallest absolute Gasteiger partial charge is 0.331 e. The first-order chi connectivity index (χ1) is 8.73. The Balaban J connectivity index is 2.95. The monoisotopic (exact) mass is 257 g/mol. The number of aryl methyl sites for hydroxylation is 1. The molecule has 19 heavy (non-hydrogen) atoms. The van der Waals surface area contributed by atoms with Crippen molar-refractivity contribution in [2.24, 2.45) is 0 Å². The normalized spacial score (nSPS) is 11.9. The number of nitriles is 1. The standard InChI is InChI=1S/C16H19NO2/c1-11-8-13(6-7-14(11)10-17)12(2)9-15(18)19-16(3,4)5/h6-9H,1-5H3. The van der Waals surface area contributed by atoms with Crippen molar-refractivity contribution < 1.29 is 9.53 Å². The molecule has 0 saturated heterocycles. The minimum atomic E-state index is -0.492. The fraction of sp³-hybridized carbons (Fsp3) is 0.375. The molecular formula is C16H19NO2. The predicted octanol–water partition coefficient (Wildman–Crippen LogP) is 3.61. The summed E-state index contributed by atoms with van der Waals surface area (Å²) in [5, 5.41) is 8.88. The van der Waals surface area contributed by atoms with E-state index >= 15 is 0 Å². The SMILES string of the molecule is CC(=CC(=O)OC(C)(C)C)c1ccc(C#N)c(C)c1. The van der Waals surface area contributed by atoms with E-state index in [1.807, 2.05) is 46.8 Å². The highest BCUT2D eigenvalue weighted by atomic mass is 16.6. The number of hydrogen-bond donors (Lipinski definition) is 0. The third-order valence-corrected chi connectivity index (χ3v) is 2.54. The van der Waals surface area contributed by atoms with Gasteiger partial charge in [0.2, 0.25) is 0 Å². The molecule has 0 aromatic heterocycles. The highest BCUT2D eigenvalue weighted by molar-refractivity contribution is 5.91. The number of carbonyl (C=O) groups is 1. The molecule has 0 bridgehead atoms. The van der Waals surface area contributed by atoms with E-state index in [0.29, 0.717) is 5.56 Å². The lowest BCUT2D eigenvalue weighted by molar-refractivity contribution is -0.148. The van der Waals surface area contributed by atoms with Crippen LogP contribution in [0.1, 0.15) is 44.4 Å². The van der Waals surface area contributed by atoms with Crippen LogP contribution in [0.3, 0.4) is 0 Å². The van der Waals surface area contributed by atoms with Gasteiger partial charge in [-0.15, -0.1) is 0 Å². The van der Waals surface area contributed by atoms with Crippen molar-refractivity contribution in [2.45, 2.75) is 40.2 Å². The first-order valence-electron chi connectivity index (χ1n) is 6.15. The molecule has 0 amide bonds. The Kier molecular flexibility index (Phi) is 4.50. The maximum atomic E-state index is 11.7. The van der Waals surface area contributed by atoms with E-state index in [2.05, 4.69) is 6.07 Å². The molecule has 0 fully saturated rings. The Morgan fingerprint density at radius 3 is 2.47 bits per heavy atom. The van der Waals surface area contributed by atoms with Crippen LogP contribution in [0.5, 0.6) is 0 Å². The zero-order valence-corrected chi connectivity index (χ0v) is 12.1. The van der Waals surface area contributed by atoms with E-state index in [1.165, 1.54) is 6.08 Å². The van der Waals surface area contributed by atoms with Gasteiger partial charge in [-0.1, -0.05) is 12.1 Å². The quantitative estimate of drug-likeness (QED) is 0.600. The van der Waals surface area contributed by atoms with Gasteiger partial charge in [-0.2, -0.15) is 5.26 Å². The van der Waals surface area contributed by atoms with E-state index in [1.54, 1.807) is 6.07 Å². The molecule has 0 radical (unpaired) electrons. The zero-order chi connectivity index (χ0) is 14.6. The number of carbonyl (C=O) groups excluding carboxylic acids is 1. The predicted molar refractivity (Wildman–Crippen MR) is 75.4 cm³/mol. The minimum absolute atomic E-state index is 0.355. The summed E-state index contributed by atoms with van der Waals surface area (Å²) in [5.41, 5.74) is 2.80. The van der Waals surface area contributed by atoms with Crippen LogP contribution in [0.15, 0.2) is 24.3 Å². The first kappa shape index (κ1) is 15.0. The van der Waals surface area contributed by atoms with Crippen molar-refractivity contribution in [3.05, 3.63) is 41.0 Å². The zero-order valence-electron chi connectivity index (χ0n) is 12.1. The summed E-state index contributed by atoms with van der Waals surface area (Å²) in [5.74, 6) is -0.355. The van der Waals surface area contributed by atoms with Crippen LogP contribution in [0.25, 0.3) is 5.57 Å². The van der Waals surface area contributed by atoms with Gasteiger partial charge in [0.05, 0.1) is 11.6 Å².